The molecule has 3 N–H and O–H groups in total. The SMILES string of the molecule is CCCOc1cncc(C(NN)C(OC)OC)c1. The van der Waals surface area contributed by atoms with Crippen molar-refractivity contribution in [3.63, 3.8) is 0 Å². The van der Waals surface area contributed by atoms with Gasteiger partial charge in [-0.1, -0.05) is 6.92 Å². The minimum absolute atomic E-state index is 0.308. The normalized spacial score (nSPS) is 12.7. The number of nitrogens with two attached hydrogens (primary N) is 1. The van der Waals surface area contributed by atoms with Gasteiger partial charge in [0.05, 0.1) is 18.8 Å². The molecule has 0 aromatic carbocycles. The second-order valence-electron chi connectivity index (χ2n) is 3.79. The standard InChI is InChI=1S/C12H21N3O3/c1-4-5-18-10-6-9(7-14-8-10)11(15-13)12(16-2)17-3/h6-8,11-12,15H,4-5,13H2,1-3H3. The number of rotatable bonds is 8. The van der Waals surface area contributed by atoms with Gasteiger partial charge in [-0.2, -0.15) is 0 Å². The molecule has 1 aromatic heterocycles. The van der Waals surface area contributed by atoms with Crippen LogP contribution < -0.4 is 16.0 Å². The zero-order chi connectivity index (χ0) is 13.4. The van der Waals surface area contributed by atoms with Crippen molar-refractivity contribution >= 4 is 0 Å². The van der Waals surface area contributed by atoms with Crippen LogP contribution in [0.1, 0.15) is 24.9 Å². The van der Waals surface area contributed by atoms with E-state index >= 15 is 0 Å². The van der Waals surface area contributed by atoms with Gasteiger partial charge in [0.1, 0.15) is 5.75 Å². The lowest BCUT2D eigenvalue weighted by Crippen LogP contribution is -2.38. The Morgan fingerprint density at radius 3 is 2.61 bits per heavy atom. The van der Waals surface area contributed by atoms with E-state index in [0.717, 1.165) is 12.0 Å². The summed E-state index contributed by atoms with van der Waals surface area (Å²) in [5, 5.41) is 0. The minimum atomic E-state index is -0.488. The predicted molar refractivity (Wildman–Crippen MR) is 67.9 cm³/mol. The van der Waals surface area contributed by atoms with Crippen molar-refractivity contribution in [1.29, 1.82) is 0 Å². The second kappa shape index (κ2) is 7.99. The van der Waals surface area contributed by atoms with Crippen molar-refractivity contribution < 1.29 is 14.2 Å². The molecule has 0 saturated heterocycles. The van der Waals surface area contributed by atoms with Gasteiger partial charge < -0.3 is 14.2 Å². The molecule has 0 aliphatic heterocycles. The highest BCUT2D eigenvalue weighted by Gasteiger charge is 2.22. The zero-order valence-electron chi connectivity index (χ0n) is 11.1. The van der Waals surface area contributed by atoms with E-state index in [4.69, 9.17) is 20.1 Å². The molecule has 0 bridgehead atoms. The number of hydrogen-bond donors (Lipinski definition) is 2. The average molecular weight is 255 g/mol. The van der Waals surface area contributed by atoms with Gasteiger partial charge in [0.2, 0.25) is 0 Å². The molecule has 18 heavy (non-hydrogen) atoms. The highest BCUT2D eigenvalue weighted by molar-refractivity contribution is 5.26. The number of ether oxygens (including phenoxy) is 3. The quantitative estimate of drug-likeness (QED) is 0.410. The molecular weight excluding hydrogens is 234 g/mol. The number of aromatic nitrogens is 1. The van der Waals surface area contributed by atoms with E-state index in [0.29, 0.717) is 12.4 Å². The fraction of sp³-hybridized carbons (Fsp3) is 0.583. The largest absolute Gasteiger partial charge is 0.492 e. The Balaban J connectivity index is 2.84. The molecule has 1 rings (SSSR count). The van der Waals surface area contributed by atoms with Gasteiger partial charge in [0.25, 0.3) is 0 Å². The zero-order valence-corrected chi connectivity index (χ0v) is 11.1. The molecular formula is C12H21N3O3. The van der Waals surface area contributed by atoms with E-state index in [-0.39, 0.29) is 6.04 Å². The van der Waals surface area contributed by atoms with Gasteiger partial charge in [-0.05, 0) is 18.1 Å². The Morgan fingerprint density at radius 1 is 1.33 bits per heavy atom. The van der Waals surface area contributed by atoms with Gasteiger partial charge in [-0.15, -0.1) is 0 Å². The summed E-state index contributed by atoms with van der Waals surface area (Å²) in [4.78, 5) is 4.13. The van der Waals surface area contributed by atoms with Crippen LogP contribution in [0.2, 0.25) is 0 Å². The van der Waals surface area contributed by atoms with E-state index in [1.165, 1.54) is 0 Å². The average Bonchev–Trinajstić information content (AvgIpc) is 2.42. The summed E-state index contributed by atoms with van der Waals surface area (Å²) >= 11 is 0. The van der Waals surface area contributed by atoms with E-state index in [1.54, 1.807) is 26.6 Å². The second-order valence-corrected chi connectivity index (χ2v) is 3.79. The molecule has 102 valence electrons. The van der Waals surface area contributed by atoms with Gasteiger partial charge >= 0.3 is 0 Å². The van der Waals surface area contributed by atoms with Crippen LogP contribution in [0.15, 0.2) is 18.5 Å². The highest BCUT2D eigenvalue weighted by atomic mass is 16.7. The first kappa shape index (κ1) is 14.8. The van der Waals surface area contributed by atoms with Crippen LogP contribution in [0, 0.1) is 0 Å². The first-order chi connectivity index (χ1) is 8.76. The van der Waals surface area contributed by atoms with E-state index in [1.807, 2.05) is 13.0 Å². The Morgan fingerprint density at radius 2 is 2.06 bits per heavy atom. The number of hydrazine groups is 1. The van der Waals surface area contributed by atoms with E-state index in [2.05, 4.69) is 10.4 Å². The molecule has 0 aliphatic carbocycles. The Kier molecular flexibility index (Phi) is 6.59. The first-order valence-electron chi connectivity index (χ1n) is 5.86. The maximum absolute atomic E-state index is 5.53. The third-order valence-corrected chi connectivity index (χ3v) is 2.48. The summed E-state index contributed by atoms with van der Waals surface area (Å²) in [5.41, 5.74) is 3.51. The van der Waals surface area contributed by atoms with Gasteiger partial charge in [-0.25, -0.2) is 5.43 Å². The summed E-state index contributed by atoms with van der Waals surface area (Å²) in [6.07, 6.45) is 3.83. The molecule has 1 aromatic rings. The van der Waals surface area contributed by atoms with Crippen molar-refractivity contribution in [1.82, 2.24) is 10.4 Å². The van der Waals surface area contributed by atoms with Crippen molar-refractivity contribution in [2.24, 2.45) is 5.84 Å². The maximum Gasteiger partial charge on any atom is 0.177 e. The number of methoxy groups -OCH3 is 2. The smallest absolute Gasteiger partial charge is 0.177 e. The van der Waals surface area contributed by atoms with Crippen molar-refractivity contribution in [2.45, 2.75) is 25.7 Å². The molecule has 6 nitrogen and oxygen atoms in total. The summed E-state index contributed by atoms with van der Waals surface area (Å²) < 4.78 is 15.9. The number of pyridine rings is 1. The molecule has 0 saturated carbocycles. The molecule has 6 heteroatoms. The molecule has 0 fully saturated rings. The third kappa shape index (κ3) is 3.92. The lowest BCUT2D eigenvalue weighted by Gasteiger charge is -2.24. The summed E-state index contributed by atoms with van der Waals surface area (Å²) in [6, 6.07) is 1.57. The van der Waals surface area contributed by atoms with E-state index < -0.39 is 6.29 Å². The predicted octanol–water partition coefficient (Wildman–Crippen LogP) is 0.994. The van der Waals surface area contributed by atoms with Crippen LogP contribution in [0.4, 0.5) is 0 Å². The number of nitrogens with one attached hydrogen (secondary N) is 1. The number of nitrogens with zero attached hydrogens (tertiary/aromatic N) is 1. The highest BCUT2D eigenvalue weighted by Crippen LogP contribution is 2.21. The van der Waals surface area contributed by atoms with Crippen LogP contribution in [0.5, 0.6) is 5.75 Å². The first-order valence-corrected chi connectivity index (χ1v) is 5.86. The molecule has 0 aliphatic rings. The Labute approximate surface area is 107 Å². The fourth-order valence-corrected chi connectivity index (χ4v) is 1.60. The fourth-order valence-electron chi connectivity index (χ4n) is 1.60. The Hall–Kier alpha value is -1.21. The molecule has 1 heterocycles. The topological polar surface area (TPSA) is 78.6 Å². The van der Waals surface area contributed by atoms with Crippen molar-refractivity contribution in [3.05, 3.63) is 24.0 Å². The molecule has 1 unspecified atom stereocenters. The van der Waals surface area contributed by atoms with Crippen molar-refractivity contribution in [2.75, 3.05) is 20.8 Å². The molecule has 0 amide bonds. The van der Waals surface area contributed by atoms with Crippen LogP contribution >= 0.6 is 0 Å². The van der Waals surface area contributed by atoms with Crippen LogP contribution in [-0.2, 0) is 9.47 Å². The third-order valence-electron chi connectivity index (χ3n) is 2.48. The lowest BCUT2D eigenvalue weighted by atomic mass is 10.1. The summed E-state index contributed by atoms with van der Waals surface area (Å²) in [6.45, 7) is 2.71. The molecule has 1 atom stereocenters. The van der Waals surface area contributed by atoms with Crippen LogP contribution in [0.3, 0.4) is 0 Å². The van der Waals surface area contributed by atoms with Crippen molar-refractivity contribution in [3.8, 4) is 5.75 Å². The van der Waals surface area contributed by atoms with Gasteiger partial charge in [0.15, 0.2) is 6.29 Å². The van der Waals surface area contributed by atoms with Crippen LogP contribution in [0.25, 0.3) is 0 Å². The minimum Gasteiger partial charge on any atom is -0.492 e. The molecule has 0 spiro atoms. The summed E-state index contributed by atoms with van der Waals surface area (Å²) in [5.74, 6) is 6.24. The van der Waals surface area contributed by atoms with Gasteiger partial charge in [0, 0.05) is 20.4 Å². The maximum atomic E-state index is 5.53. The molecule has 0 radical (unpaired) electrons. The monoisotopic (exact) mass is 255 g/mol. The Bertz CT molecular complexity index is 345. The number of hydrogen-bond acceptors (Lipinski definition) is 6. The lowest BCUT2D eigenvalue weighted by molar-refractivity contribution is -0.124. The van der Waals surface area contributed by atoms with Crippen LogP contribution in [-0.4, -0.2) is 32.1 Å². The van der Waals surface area contributed by atoms with E-state index in [9.17, 15) is 0 Å². The summed E-state index contributed by atoms with van der Waals surface area (Å²) in [7, 11) is 3.12. The van der Waals surface area contributed by atoms with Gasteiger partial charge in [-0.3, -0.25) is 10.8 Å².